The molecule has 1 amide bonds. The van der Waals surface area contributed by atoms with Crippen molar-refractivity contribution in [3.8, 4) is 0 Å². The van der Waals surface area contributed by atoms with E-state index in [9.17, 15) is 19.4 Å². The van der Waals surface area contributed by atoms with E-state index in [0.717, 1.165) is 0 Å². The van der Waals surface area contributed by atoms with Crippen LogP contribution in [0.4, 0.5) is 0 Å². The summed E-state index contributed by atoms with van der Waals surface area (Å²) in [6.07, 6.45) is -0.912. The van der Waals surface area contributed by atoms with Gasteiger partial charge >= 0.3 is 7.82 Å². The van der Waals surface area contributed by atoms with E-state index in [2.05, 4.69) is 5.32 Å². The molecule has 9 heteroatoms. The number of carbonyl (C=O) groups excluding carboxylic acids is 1. The molecule has 0 aromatic carbocycles. The molecule has 120 valence electrons. The Bertz CT molecular complexity index is 355. The van der Waals surface area contributed by atoms with Crippen molar-refractivity contribution in [3.63, 3.8) is 0 Å². The normalized spacial score (nSPS) is 18.1. The highest BCUT2D eigenvalue weighted by molar-refractivity contribution is 7.47. The second-order valence-electron chi connectivity index (χ2n) is 5.66. The lowest BCUT2D eigenvalue weighted by Crippen LogP contribution is -2.44. The fourth-order valence-electron chi connectivity index (χ4n) is 1.20. The molecular weight excluding hydrogens is 287 g/mol. The van der Waals surface area contributed by atoms with Crippen LogP contribution in [0.2, 0.25) is 0 Å². The largest absolute Gasteiger partial charge is 0.472 e. The number of quaternary nitrogens is 1. The Balaban J connectivity index is 4.24. The lowest BCUT2D eigenvalue weighted by Gasteiger charge is -2.25. The summed E-state index contributed by atoms with van der Waals surface area (Å²) in [4.78, 5) is 20.4. The zero-order valence-corrected chi connectivity index (χ0v) is 13.6. The molecule has 0 aromatic heterocycles. The van der Waals surface area contributed by atoms with Gasteiger partial charge in [0.15, 0.2) is 0 Å². The molecule has 0 spiro atoms. The van der Waals surface area contributed by atoms with Gasteiger partial charge in [-0.2, -0.15) is 0 Å². The zero-order valence-electron chi connectivity index (χ0n) is 12.7. The summed E-state index contributed by atoms with van der Waals surface area (Å²) in [5.41, 5.74) is 0. The van der Waals surface area contributed by atoms with Crippen LogP contribution in [0.3, 0.4) is 0 Å². The lowest BCUT2D eigenvalue weighted by molar-refractivity contribution is -0.870. The van der Waals surface area contributed by atoms with Gasteiger partial charge in [-0.15, -0.1) is 0 Å². The Hall–Kier alpha value is -0.500. The third kappa shape index (κ3) is 10.3. The summed E-state index contributed by atoms with van der Waals surface area (Å²) in [7, 11) is 1.58. The SMILES string of the molecule is CC(=O)N[C@@H](COP(=O)(O)OCC[N+](C)(C)C)[C@@H](C)O. The fourth-order valence-corrected chi connectivity index (χ4v) is 1.94. The maximum absolute atomic E-state index is 11.6. The molecule has 0 heterocycles. The first-order chi connectivity index (χ1) is 8.93. The van der Waals surface area contributed by atoms with Crippen molar-refractivity contribution in [3.05, 3.63) is 0 Å². The Morgan fingerprint density at radius 2 is 1.90 bits per heavy atom. The van der Waals surface area contributed by atoms with Gasteiger partial charge in [0.25, 0.3) is 0 Å². The van der Waals surface area contributed by atoms with Crippen molar-refractivity contribution in [1.29, 1.82) is 0 Å². The molecule has 0 aliphatic rings. The van der Waals surface area contributed by atoms with Gasteiger partial charge in [-0.05, 0) is 6.92 Å². The van der Waals surface area contributed by atoms with Crippen LogP contribution in [0, 0.1) is 0 Å². The number of nitrogens with zero attached hydrogens (tertiary/aromatic N) is 1. The van der Waals surface area contributed by atoms with Crippen LogP contribution < -0.4 is 5.32 Å². The van der Waals surface area contributed by atoms with Gasteiger partial charge in [-0.1, -0.05) is 0 Å². The van der Waals surface area contributed by atoms with E-state index in [1.165, 1.54) is 13.8 Å². The smallest absolute Gasteiger partial charge is 0.391 e. The van der Waals surface area contributed by atoms with Crippen molar-refractivity contribution in [2.45, 2.75) is 26.0 Å². The molecule has 0 fully saturated rings. The molecule has 0 saturated heterocycles. The second kappa shape index (κ2) is 8.07. The molecule has 0 rings (SSSR count). The topological polar surface area (TPSA) is 105 Å². The van der Waals surface area contributed by atoms with Crippen LogP contribution in [0.5, 0.6) is 0 Å². The summed E-state index contributed by atoms with van der Waals surface area (Å²) in [5, 5.41) is 11.9. The van der Waals surface area contributed by atoms with Gasteiger partial charge in [0.1, 0.15) is 13.2 Å². The minimum atomic E-state index is -4.19. The van der Waals surface area contributed by atoms with Gasteiger partial charge < -0.3 is 19.8 Å². The standard InChI is InChI=1S/C11H25N2O6P/c1-9(14)11(12-10(2)15)8-19-20(16,17)18-7-6-13(3,4)5/h9,11,14H,6-8H2,1-5H3,(H-,12,15,16,17)/p+1/t9-,11+/m1/s1. The van der Waals surface area contributed by atoms with E-state index < -0.39 is 20.0 Å². The molecule has 1 unspecified atom stereocenters. The Kier molecular flexibility index (Phi) is 7.87. The molecule has 3 atom stereocenters. The summed E-state index contributed by atoms with van der Waals surface area (Å²) < 4.78 is 21.8. The van der Waals surface area contributed by atoms with Crippen molar-refractivity contribution in [2.75, 3.05) is 40.9 Å². The van der Waals surface area contributed by atoms with E-state index in [0.29, 0.717) is 11.0 Å². The van der Waals surface area contributed by atoms with Crippen LogP contribution in [-0.2, 0) is 18.4 Å². The van der Waals surface area contributed by atoms with Crippen LogP contribution in [-0.4, -0.2) is 73.4 Å². The first-order valence-corrected chi connectivity index (χ1v) is 7.80. The number of hydrogen-bond acceptors (Lipinski definition) is 5. The average molecular weight is 313 g/mol. The number of aliphatic hydroxyl groups excluding tert-OH is 1. The van der Waals surface area contributed by atoms with E-state index >= 15 is 0 Å². The molecule has 0 saturated carbocycles. The molecule has 0 radical (unpaired) electrons. The number of phosphoric ester groups is 1. The number of phosphoric acid groups is 1. The van der Waals surface area contributed by atoms with Crippen molar-refractivity contribution in [2.24, 2.45) is 0 Å². The number of aliphatic hydroxyl groups is 1. The predicted octanol–water partition coefficient (Wildman–Crippen LogP) is -0.288. The predicted molar refractivity (Wildman–Crippen MR) is 73.9 cm³/mol. The number of nitrogens with one attached hydrogen (secondary N) is 1. The number of rotatable bonds is 9. The summed E-state index contributed by atoms with van der Waals surface area (Å²) in [6, 6.07) is -0.769. The minimum absolute atomic E-state index is 0.0662. The summed E-state index contributed by atoms with van der Waals surface area (Å²) in [6.45, 7) is 3.03. The number of amides is 1. The van der Waals surface area contributed by atoms with Crippen LogP contribution >= 0.6 is 7.82 Å². The Morgan fingerprint density at radius 1 is 1.35 bits per heavy atom. The van der Waals surface area contributed by atoms with Gasteiger partial charge in [0.2, 0.25) is 5.91 Å². The Labute approximate surface area is 119 Å². The van der Waals surface area contributed by atoms with Crippen molar-refractivity contribution < 1.29 is 32.9 Å². The van der Waals surface area contributed by atoms with Gasteiger partial charge in [0.05, 0.1) is 39.9 Å². The third-order valence-corrected chi connectivity index (χ3v) is 3.39. The van der Waals surface area contributed by atoms with E-state index in [4.69, 9.17) is 9.05 Å². The zero-order chi connectivity index (χ0) is 16.0. The molecule has 0 aliphatic carbocycles. The molecule has 20 heavy (non-hydrogen) atoms. The van der Waals surface area contributed by atoms with Gasteiger partial charge in [0, 0.05) is 6.92 Å². The lowest BCUT2D eigenvalue weighted by atomic mass is 10.2. The minimum Gasteiger partial charge on any atom is -0.391 e. The highest BCUT2D eigenvalue weighted by Crippen LogP contribution is 2.43. The molecule has 0 aromatic rings. The Morgan fingerprint density at radius 3 is 2.30 bits per heavy atom. The summed E-state index contributed by atoms with van der Waals surface area (Å²) in [5.74, 6) is -0.363. The molecular formula is C11H26N2O6P+. The van der Waals surface area contributed by atoms with E-state index in [-0.39, 0.29) is 19.1 Å². The molecule has 0 aliphatic heterocycles. The maximum Gasteiger partial charge on any atom is 0.472 e. The molecule has 0 bridgehead atoms. The third-order valence-electron chi connectivity index (χ3n) is 2.40. The number of hydrogen-bond donors (Lipinski definition) is 3. The average Bonchev–Trinajstić information content (AvgIpc) is 2.21. The fraction of sp³-hybridized carbons (Fsp3) is 0.909. The highest BCUT2D eigenvalue weighted by atomic mass is 31.2. The quantitative estimate of drug-likeness (QED) is 0.399. The van der Waals surface area contributed by atoms with Crippen LogP contribution in [0.1, 0.15) is 13.8 Å². The molecule has 3 N–H and O–H groups in total. The number of likely N-dealkylation sites (N-methyl/N-ethyl adjacent to an activating group) is 1. The summed E-state index contributed by atoms with van der Waals surface area (Å²) >= 11 is 0. The van der Waals surface area contributed by atoms with Crippen LogP contribution in [0.25, 0.3) is 0 Å². The second-order valence-corrected chi connectivity index (χ2v) is 7.11. The van der Waals surface area contributed by atoms with Crippen LogP contribution in [0.15, 0.2) is 0 Å². The van der Waals surface area contributed by atoms with Crippen molar-refractivity contribution >= 4 is 13.7 Å². The van der Waals surface area contributed by atoms with Gasteiger partial charge in [-0.3, -0.25) is 13.8 Å². The first kappa shape index (κ1) is 19.5. The maximum atomic E-state index is 11.6. The monoisotopic (exact) mass is 313 g/mol. The van der Waals surface area contributed by atoms with E-state index in [1.54, 1.807) is 0 Å². The number of carbonyl (C=O) groups is 1. The molecule has 8 nitrogen and oxygen atoms in total. The van der Waals surface area contributed by atoms with E-state index in [1.807, 2.05) is 21.1 Å². The highest BCUT2D eigenvalue weighted by Gasteiger charge is 2.26. The first-order valence-electron chi connectivity index (χ1n) is 6.30. The van der Waals surface area contributed by atoms with Gasteiger partial charge in [-0.25, -0.2) is 4.57 Å². The van der Waals surface area contributed by atoms with Crippen molar-refractivity contribution in [1.82, 2.24) is 5.32 Å².